The zero-order valence-electron chi connectivity index (χ0n) is 21.7. The molecule has 0 unspecified atom stereocenters. The predicted octanol–water partition coefficient (Wildman–Crippen LogP) is 4.42. The fourth-order valence-corrected chi connectivity index (χ4v) is 5.33. The number of nitrogens with zero attached hydrogens (tertiary/aromatic N) is 2. The number of hydrogen-bond acceptors (Lipinski definition) is 4. The third-order valence-electron chi connectivity index (χ3n) is 7.30. The number of nitrogens with one attached hydrogen (secondary N) is 2. The van der Waals surface area contributed by atoms with Gasteiger partial charge < -0.3 is 19.5 Å². The maximum absolute atomic E-state index is 14.3. The number of fused-ring (bicyclic) bond motifs is 4. The van der Waals surface area contributed by atoms with Crippen LogP contribution in [0.5, 0.6) is 0 Å². The number of aromatic nitrogens is 4. The summed E-state index contributed by atoms with van der Waals surface area (Å²) in [5.41, 5.74) is 2.71. The normalized spacial score (nSPS) is 12.2. The van der Waals surface area contributed by atoms with E-state index in [1.807, 2.05) is 29.5 Å². The molecule has 0 bridgehead atoms. The maximum Gasteiger partial charge on any atom is 0.333 e. The van der Waals surface area contributed by atoms with Gasteiger partial charge in [-0.25, -0.2) is 13.8 Å². The number of aryl methyl sites for hydroxylation is 1. The standard InChI is InChI=1S/C30H25FN4O4/c1-15-13-24-27(36)32-21-14-17(30(3,4)39)11-12-23(21)34(24)26(15)18-7-6-10-22(16(18)2)35-28(37)19-8-5-9-20(31)25(19)33-29(35)38/h5-14,39H,1-4H3,(H,32,36)(H,33,38). The van der Waals surface area contributed by atoms with Gasteiger partial charge in [-0.05, 0) is 80.8 Å². The number of halogens is 1. The molecule has 3 aromatic carbocycles. The lowest BCUT2D eigenvalue weighted by molar-refractivity contribution is 0.0787. The van der Waals surface area contributed by atoms with E-state index in [1.165, 1.54) is 18.2 Å². The molecule has 6 aromatic rings. The highest BCUT2D eigenvalue weighted by molar-refractivity contribution is 5.86. The molecular weight excluding hydrogens is 499 g/mol. The van der Waals surface area contributed by atoms with Crippen LogP contribution < -0.4 is 16.8 Å². The summed E-state index contributed by atoms with van der Waals surface area (Å²) < 4.78 is 17.1. The highest BCUT2D eigenvalue weighted by atomic mass is 19.1. The Morgan fingerprint density at radius 3 is 2.38 bits per heavy atom. The van der Waals surface area contributed by atoms with Crippen LogP contribution in [0.15, 0.2) is 75.0 Å². The summed E-state index contributed by atoms with van der Waals surface area (Å²) in [5.74, 6) is -0.681. The molecule has 0 aliphatic rings. The van der Waals surface area contributed by atoms with E-state index in [2.05, 4.69) is 9.97 Å². The first-order valence-electron chi connectivity index (χ1n) is 12.4. The minimum Gasteiger partial charge on any atom is -0.386 e. The summed E-state index contributed by atoms with van der Waals surface area (Å²) in [6, 6.07) is 16.6. The molecule has 6 rings (SSSR count). The topological polar surface area (TPSA) is 112 Å². The van der Waals surface area contributed by atoms with Gasteiger partial charge in [0.1, 0.15) is 11.3 Å². The Morgan fingerprint density at radius 1 is 0.897 bits per heavy atom. The Bertz CT molecular complexity index is 2160. The van der Waals surface area contributed by atoms with Crippen molar-refractivity contribution < 1.29 is 9.50 Å². The van der Waals surface area contributed by atoms with Gasteiger partial charge in [0.2, 0.25) is 0 Å². The molecule has 3 aromatic heterocycles. The van der Waals surface area contributed by atoms with E-state index in [9.17, 15) is 23.9 Å². The molecule has 8 nitrogen and oxygen atoms in total. The van der Waals surface area contributed by atoms with Gasteiger partial charge in [-0.1, -0.05) is 24.3 Å². The number of hydrogen-bond donors (Lipinski definition) is 3. The van der Waals surface area contributed by atoms with Crippen LogP contribution in [0.25, 0.3) is 44.4 Å². The summed E-state index contributed by atoms with van der Waals surface area (Å²) in [4.78, 5) is 44.9. The minimum absolute atomic E-state index is 0.0591. The van der Waals surface area contributed by atoms with Crippen LogP contribution in [0.4, 0.5) is 4.39 Å². The minimum atomic E-state index is -1.09. The zero-order chi connectivity index (χ0) is 27.8. The molecule has 0 saturated heterocycles. The molecule has 0 amide bonds. The van der Waals surface area contributed by atoms with Crippen LogP contribution in [0.3, 0.4) is 0 Å². The summed E-state index contributed by atoms with van der Waals surface area (Å²) in [7, 11) is 0. The Labute approximate surface area is 220 Å². The van der Waals surface area contributed by atoms with Gasteiger partial charge in [0.15, 0.2) is 0 Å². The number of H-pyrrole nitrogens is 2. The highest BCUT2D eigenvalue weighted by Crippen LogP contribution is 2.34. The Hall–Kier alpha value is -4.76. The molecule has 39 heavy (non-hydrogen) atoms. The molecular formula is C30H25FN4O4. The van der Waals surface area contributed by atoms with E-state index >= 15 is 0 Å². The van der Waals surface area contributed by atoms with Crippen molar-refractivity contribution in [2.75, 3.05) is 0 Å². The van der Waals surface area contributed by atoms with E-state index in [4.69, 9.17) is 0 Å². The SMILES string of the molecule is Cc1cc2c(=O)[nH]c3cc(C(C)(C)O)ccc3n2c1-c1cccc(-n2c(=O)[nH]c3c(F)cccc3c2=O)c1C. The van der Waals surface area contributed by atoms with Crippen molar-refractivity contribution in [1.82, 2.24) is 18.9 Å². The van der Waals surface area contributed by atoms with Gasteiger partial charge in [0.25, 0.3) is 11.1 Å². The molecule has 0 aliphatic heterocycles. The van der Waals surface area contributed by atoms with Gasteiger partial charge in [-0.2, -0.15) is 0 Å². The number of aromatic amines is 2. The molecule has 196 valence electrons. The Balaban J connectivity index is 1.67. The third kappa shape index (κ3) is 3.65. The number of para-hydroxylation sites is 1. The van der Waals surface area contributed by atoms with Crippen molar-refractivity contribution in [3.8, 4) is 16.9 Å². The second-order valence-electron chi connectivity index (χ2n) is 10.3. The number of rotatable bonds is 3. The van der Waals surface area contributed by atoms with Gasteiger partial charge in [-0.15, -0.1) is 0 Å². The van der Waals surface area contributed by atoms with Crippen molar-refractivity contribution in [2.45, 2.75) is 33.3 Å². The molecule has 0 atom stereocenters. The van der Waals surface area contributed by atoms with Crippen LogP contribution in [-0.2, 0) is 5.60 Å². The second kappa shape index (κ2) is 8.37. The summed E-state index contributed by atoms with van der Waals surface area (Å²) in [5, 5.41) is 10.6. The highest BCUT2D eigenvalue weighted by Gasteiger charge is 2.22. The molecule has 3 heterocycles. The molecule has 0 saturated carbocycles. The van der Waals surface area contributed by atoms with E-state index in [-0.39, 0.29) is 16.5 Å². The van der Waals surface area contributed by atoms with Gasteiger partial charge >= 0.3 is 5.69 Å². The maximum atomic E-state index is 14.3. The van der Waals surface area contributed by atoms with E-state index in [1.54, 1.807) is 45.0 Å². The smallest absolute Gasteiger partial charge is 0.333 e. The summed E-state index contributed by atoms with van der Waals surface area (Å²) in [6.07, 6.45) is 0. The van der Waals surface area contributed by atoms with Gasteiger partial charge in [-0.3, -0.25) is 9.59 Å². The lowest BCUT2D eigenvalue weighted by atomic mass is 9.98. The molecule has 0 aliphatic carbocycles. The van der Waals surface area contributed by atoms with Crippen LogP contribution in [0.2, 0.25) is 0 Å². The van der Waals surface area contributed by atoms with E-state index in [0.29, 0.717) is 33.4 Å². The molecule has 9 heteroatoms. The second-order valence-corrected chi connectivity index (χ2v) is 10.3. The molecule has 0 spiro atoms. The number of benzene rings is 3. The molecule has 0 fully saturated rings. The van der Waals surface area contributed by atoms with Crippen molar-refractivity contribution >= 4 is 27.5 Å². The van der Waals surface area contributed by atoms with Crippen LogP contribution in [-0.4, -0.2) is 24.0 Å². The summed E-state index contributed by atoms with van der Waals surface area (Å²) in [6.45, 7) is 7.04. The first-order valence-corrected chi connectivity index (χ1v) is 12.4. The zero-order valence-corrected chi connectivity index (χ0v) is 21.7. The van der Waals surface area contributed by atoms with Crippen molar-refractivity contribution in [2.24, 2.45) is 0 Å². The fraction of sp³-hybridized carbons (Fsp3) is 0.167. The lowest BCUT2D eigenvalue weighted by Gasteiger charge is -2.19. The fourth-order valence-electron chi connectivity index (χ4n) is 5.33. The van der Waals surface area contributed by atoms with Crippen LogP contribution >= 0.6 is 0 Å². The third-order valence-corrected chi connectivity index (χ3v) is 7.30. The Morgan fingerprint density at radius 2 is 1.64 bits per heavy atom. The van der Waals surface area contributed by atoms with Gasteiger partial charge in [0, 0.05) is 5.56 Å². The largest absolute Gasteiger partial charge is 0.386 e. The molecule has 3 N–H and O–H groups in total. The summed E-state index contributed by atoms with van der Waals surface area (Å²) >= 11 is 0. The quantitative estimate of drug-likeness (QED) is 0.318. The van der Waals surface area contributed by atoms with Crippen molar-refractivity contribution in [1.29, 1.82) is 0 Å². The van der Waals surface area contributed by atoms with E-state index in [0.717, 1.165) is 21.3 Å². The lowest BCUT2D eigenvalue weighted by Crippen LogP contribution is -2.34. The van der Waals surface area contributed by atoms with Gasteiger partial charge in [0.05, 0.1) is 38.9 Å². The van der Waals surface area contributed by atoms with Crippen molar-refractivity contribution in [3.05, 3.63) is 114 Å². The van der Waals surface area contributed by atoms with Crippen LogP contribution in [0.1, 0.15) is 30.5 Å². The first kappa shape index (κ1) is 24.6. The first-order chi connectivity index (χ1) is 18.5. The molecule has 0 radical (unpaired) electrons. The predicted molar refractivity (Wildman–Crippen MR) is 149 cm³/mol. The number of aliphatic hydroxyl groups is 1. The van der Waals surface area contributed by atoms with Crippen molar-refractivity contribution in [3.63, 3.8) is 0 Å². The average molecular weight is 525 g/mol. The average Bonchev–Trinajstić information content (AvgIpc) is 3.22. The van der Waals surface area contributed by atoms with Crippen LogP contribution in [0, 0.1) is 19.7 Å². The monoisotopic (exact) mass is 524 g/mol. The van der Waals surface area contributed by atoms with E-state index < -0.39 is 22.7 Å². The Kier molecular flexibility index (Phi) is 5.27.